The molecule has 0 spiro atoms. The van der Waals surface area contributed by atoms with Gasteiger partial charge in [0.15, 0.2) is 0 Å². The fourth-order valence-electron chi connectivity index (χ4n) is 1.32. The van der Waals surface area contributed by atoms with Gasteiger partial charge in [-0.1, -0.05) is 20.8 Å². The zero-order chi connectivity index (χ0) is 11.6. The van der Waals surface area contributed by atoms with Crippen molar-refractivity contribution in [2.45, 2.75) is 26.9 Å². The molecule has 2 nitrogen and oxygen atoms in total. The van der Waals surface area contributed by atoms with Gasteiger partial charge in [-0.25, -0.2) is 4.39 Å². The second-order valence-electron chi connectivity index (χ2n) is 4.66. The molecule has 1 rings (SSSR count). The Kier molecular flexibility index (Phi) is 3.35. The van der Waals surface area contributed by atoms with Crippen molar-refractivity contribution >= 4 is 0 Å². The minimum Gasteiger partial charge on any atom is -0.497 e. The summed E-state index contributed by atoms with van der Waals surface area (Å²) in [4.78, 5) is 0. The Morgan fingerprint density at radius 1 is 1.33 bits per heavy atom. The minimum atomic E-state index is -0.816. The largest absolute Gasteiger partial charge is 0.497 e. The van der Waals surface area contributed by atoms with Crippen LogP contribution in [0.5, 0.6) is 5.75 Å². The first-order chi connectivity index (χ1) is 6.86. The van der Waals surface area contributed by atoms with Crippen LogP contribution in [0.1, 0.15) is 32.4 Å². The van der Waals surface area contributed by atoms with E-state index in [2.05, 4.69) is 0 Å². The van der Waals surface area contributed by atoms with Crippen molar-refractivity contribution < 1.29 is 14.2 Å². The maximum absolute atomic E-state index is 13.6. The van der Waals surface area contributed by atoms with Gasteiger partial charge < -0.3 is 9.84 Å². The van der Waals surface area contributed by atoms with Crippen molar-refractivity contribution in [2.75, 3.05) is 7.11 Å². The lowest BCUT2D eigenvalue weighted by atomic mass is 9.84. The molecular formula is C12H17FO2. The maximum Gasteiger partial charge on any atom is 0.132 e. The summed E-state index contributed by atoms with van der Waals surface area (Å²) in [5.74, 6) is 0.0223. The standard InChI is InChI=1S/C12H17FO2/c1-12(2,3)11(14)9-6-5-8(15-4)7-10(9)13/h5-7,11,14H,1-4H3. The Morgan fingerprint density at radius 3 is 2.33 bits per heavy atom. The van der Waals surface area contributed by atoms with Crippen LogP contribution in [-0.2, 0) is 0 Å². The molecule has 1 aromatic rings. The van der Waals surface area contributed by atoms with Crippen LogP contribution in [0.15, 0.2) is 18.2 Å². The Hall–Kier alpha value is -1.09. The number of halogens is 1. The van der Waals surface area contributed by atoms with Crippen LogP contribution >= 0.6 is 0 Å². The molecule has 0 saturated carbocycles. The first kappa shape index (κ1) is 12.0. The van der Waals surface area contributed by atoms with Crippen LogP contribution < -0.4 is 4.74 Å². The molecule has 3 heteroatoms. The Labute approximate surface area is 89.7 Å². The second-order valence-corrected chi connectivity index (χ2v) is 4.66. The summed E-state index contributed by atoms with van der Waals surface area (Å²) in [5, 5.41) is 9.92. The summed E-state index contributed by atoms with van der Waals surface area (Å²) in [6, 6.07) is 4.49. The van der Waals surface area contributed by atoms with Crippen LogP contribution in [0, 0.1) is 11.2 Å². The molecule has 0 heterocycles. The molecule has 0 saturated heterocycles. The normalized spacial score (nSPS) is 13.7. The Balaban J connectivity index is 3.06. The molecule has 0 fully saturated rings. The van der Waals surface area contributed by atoms with E-state index in [0.717, 1.165) is 0 Å². The predicted molar refractivity (Wildman–Crippen MR) is 57.4 cm³/mol. The first-order valence-corrected chi connectivity index (χ1v) is 4.87. The van der Waals surface area contributed by atoms with Crippen molar-refractivity contribution in [3.8, 4) is 5.75 Å². The molecule has 1 N–H and O–H groups in total. The molecule has 1 atom stereocenters. The third kappa shape index (κ3) is 2.69. The van der Waals surface area contributed by atoms with Crippen molar-refractivity contribution in [1.82, 2.24) is 0 Å². The highest BCUT2D eigenvalue weighted by Crippen LogP contribution is 2.34. The van der Waals surface area contributed by atoms with E-state index < -0.39 is 11.9 Å². The highest BCUT2D eigenvalue weighted by Gasteiger charge is 2.26. The van der Waals surface area contributed by atoms with E-state index in [4.69, 9.17) is 4.74 Å². The average molecular weight is 212 g/mol. The van der Waals surface area contributed by atoms with Gasteiger partial charge in [-0.3, -0.25) is 0 Å². The van der Waals surface area contributed by atoms with Gasteiger partial charge in [0.1, 0.15) is 11.6 Å². The molecule has 0 aliphatic carbocycles. The summed E-state index contributed by atoms with van der Waals surface area (Å²) in [6.07, 6.45) is -0.816. The van der Waals surface area contributed by atoms with Gasteiger partial charge in [-0.15, -0.1) is 0 Å². The second kappa shape index (κ2) is 4.19. The van der Waals surface area contributed by atoms with Crippen LogP contribution in [-0.4, -0.2) is 12.2 Å². The smallest absolute Gasteiger partial charge is 0.132 e. The summed E-state index contributed by atoms with van der Waals surface area (Å²) in [6.45, 7) is 5.59. The quantitative estimate of drug-likeness (QED) is 0.816. The van der Waals surface area contributed by atoms with Gasteiger partial charge in [-0.2, -0.15) is 0 Å². The third-order valence-electron chi connectivity index (χ3n) is 2.32. The van der Waals surface area contributed by atoms with E-state index in [1.807, 2.05) is 20.8 Å². The number of aliphatic hydroxyl groups excluding tert-OH is 1. The molecule has 0 bridgehead atoms. The molecule has 0 aliphatic rings. The maximum atomic E-state index is 13.6. The topological polar surface area (TPSA) is 29.5 Å². The molecule has 1 aromatic carbocycles. The fourth-order valence-corrected chi connectivity index (χ4v) is 1.32. The Morgan fingerprint density at radius 2 is 1.93 bits per heavy atom. The van der Waals surface area contributed by atoms with Crippen LogP contribution in [0.3, 0.4) is 0 Å². The van der Waals surface area contributed by atoms with E-state index in [0.29, 0.717) is 11.3 Å². The summed E-state index contributed by atoms with van der Waals surface area (Å²) in [7, 11) is 1.48. The van der Waals surface area contributed by atoms with Gasteiger partial charge in [0.2, 0.25) is 0 Å². The lowest BCUT2D eigenvalue weighted by Crippen LogP contribution is -2.18. The number of hydrogen-bond acceptors (Lipinski definition) is 2. The zero-order valence-corrected chi connectivity index (χ0v) is 9.54. The van der Waals surface area contributed by atoms with Crippen molar-refractivity contribution in [3.63, 3.8) is 0 Å². The molecule has 1 unspecified atom stereocenters. The summed E-state index contributed by atoms with van der Waals surface area (Å²) < 4.78 is 18.5. The van der Waals surface area contributed by atoms with Gasteiger partial charge in [-0.05, 0) is 17.5 Å². The number of ether oxygens (including phenoxy) is 1. The molecule has 0 aromatic heterocycles. The average Bonchev–Trinajstić information content (AvgIpc) is 2.15. The lowest BCUT2D eigenvalue weighted by Gasteiger charge is -2.26. The van der Waals surface area contributed by atoms with Gasteiger partial charge in [0.05, 0.1) is 13.2 Å². The molecule has 84 valence electrons. The molecule has 15 heavy (non-hydrogen) atoms. The zero-order valence-electron chi connectivity index (χ0n) is 9.54. The number of methoxy groups -OCH3 is 1. The summed E-state index contributed by atoms with van der Waals surface area (Å²) in [5.41, 5.74) is -0.0709. The fraction of sp³-hybridized carbons (Fsp3) is 0.500. The molecule has 0 radical (unpaired) electrons. The van der Waals surface area contributed by atoms with E-state index >= 15 is 0 Å². The number of hydrogen-bond donors (Lipinski definition) is 1. The van der Waals surface area contributed by atoms with E-state index in [1.165, 1.54) is 13.2 Å². The predicted octanol–water partition coefficient (Wildman–Crippen LogP) is 2.91. The minimum absolute atomic E-state index is 0.309. The van der Waals surface area contributed by atoms with E-state index in [-0.39, 0.29) is 5.41 Å². The first-order valence-electron chi connectivity index (χ1n) is 4.87. The molecular weight excluding hydrogens is 195 g/mol. The number of benzene rings is 1. The van der Waals surface area contributed by atoms with Gasteiger partial charge in [0, 0.05) is 11.6 Å². The van der Waals surface area contributed by atoms with Crippen molar-refractivity contribution in [2.24, 2.45) is 5.41 Å². The van der Waals surface area contributed by atoms with Crippen LogP contribution in [0.2, 0.25) is 0 Å². The number of rotatable bonds is 2. The van der Waals surface area contributed by atoms with Gasteiger partial charge in [0.25, 0.3) is 0 Å². The van der Waals surface area contributed by atoms with E-state index in [1.54, 1.807) is 12.1 Å². The highest BCUT2D eigenvalue weighted by molar-refractivity contribution is 5.30. The third-order valence-corrected chi connectivity index (χ3v) is 2.32. The lowest BCUT2D eigenvalue weighted by molar-refractivity contribution is 0.0594. The highest BCUT2D eigenvalue weighted by atomic mass is 19.1. The monoisotopic (exact) mass is 212 g/mol. The van der Waals surface area contributed by atoms with E-state index in [9.17, 15) is 9.50 Å². The summed E-state index contributed by atoms with van der Waals surface area (Å²) >= 11 is 0. The molecule has 0 amide bonds. The van der Waals surface area contributed by atoms with Crippen LogP contribution in [0.25, 0.3) is 0 Å². The van der Waals surface area contributed by atoms with Crippen molar-refractivity contribution in [1.29, 1.82) is 0 Å². The van der Waals surface area contributed by atoms with Gasteiger partial charge >= 0.3 is 0 Å². The van der Waals surface area contributed by atoms with Crippen LogP contribution in [0.4, 0.5) is 4.39 Å². The van der Waals surface area contributed by atoms with Crippen molar-refractivity contribution in [3.05, 3.63) is 29.6 Å². The number of aliphatic hydroxyl groups is 1. The Bertz CT molecular complexity index is 342. The SMILES string of the molecule is COc1ccc(C(O)C(C)(C)C)c(F)c1. The molecule has 0 aliphatic heterocycles.